The number of hydrogen-bond acceptors (Lipinski definition) is 4. The van der Waals surface area contributed by atoms with Gasteiger partial charge in [-0.3, -0.25) is 0 Å². The lowest BCUT2D eigenvalue weighted by molar-refractivity contribution is 0.141. The minimum atomic E-state index is -3.65. The molecule has 21 heavy (non-hydrogen) atoms. The van der Waals surface area contributed by atoms with Crippen LogP contribution < -0.4 is 10.5 Å². The average Bonchev–Trinajstić information content (AvgIpc) is 2.36. The first-order valence-electron chi connectivity index (χ1n) is 6.54. The molecule has 0 fully saturated rings. The maximum absolute atomic E-state index is 12.5. The second kappa shape index (κ2) is 7.05. The Morgan fingerprint density at radius 2 is 2.05 bits per heavy atom. The molecular weight excluding hydrogens is 288 g/mol. The molecule has 0 aliphatic heterocycles. The van der Waals surface area contributed by atoms with Gasteiger partial charge in [0.05, 0.1) is 23.6 Å². The summed E-state index contributed by atoms with van der Waals surface area (Å²) in [6.45, 7) is 5.79. The molecule has 3 N–H and O–H groups in total. The molecular formula is C15H22N2O3S. The summed E-state index contributed by atoms with van der Waals surface area (Å²) < 4.78 is 32.7. The molecule has 0 bridgehead atoms. The number of methoxy groups -OCH3 is 1. The first-order chi connectivity index (χ1) is 9.72. The van der Waals surface area contributed by atoms with E-state index in [0.29, 0.717) is 11.1 Å². The van der Waals surface area contributed by atoms with Crippen molar-refractivity contribution in [3.05, 3.63) is 29.3 Å². The molecule has 0 spiro atoms. The predicted molar refractivity (Wildman–Crippen MR) is 83.4 cm³/mol. The van der Waals surface area contributed by atoms with Gasteiger partial charge in [0, 0.05) is 12.7 Å². The van der Waals surface area contributed by atoms with E-state index in [1.54, 1.807) is 39.0 Å². The number of benzene rings is 1. The van der Waals surface area contributed by atoms with E-state index in [1.807, 2.05) is 0 Å². The van der Waals surface area contributed by atoms with E-state index in [0.717, 1.165) is 0 Å². The van der Waals surface area contributed by atoms with Gasteiger partial charge in [0.1, 0.15) is 0 Å². The summed E-state index contributed by atoms with van der Waals surface area (Å²) >= 11 is 0. The van der Waals surface area contributed by atoms with Crippen LogP contribution in [0.1, 0.15) is 25.0 Å². The molecule has 0 heterocycles. The lowest BCUT2D eigenvalue weighted by atomic mass is 10.1. The fourth-order valence-electron chi connectivity index (χ4n) is 1.93. The summed E-state index contributed by atoms with van der Waals surface area (Å²) in [5.74, 6) is 5.55. The SMILES string of the molecule is COCC(C)(C)NS(=O)(=O)c1cc(C#CCN)ccc1C. The normalized spacial score (nSPS) is 11.9. The van der Waals surface area contributed by atoms with Crippen molar-refractivity contribution < 1.29 is 13.2 Å². The quantitative estimate of drug-likeness (QED) is 0.795. The van der Waals surface area contributed by atoms with Gasteiger partial charge in [0.2, 0.25) is 10.0 Å². The number of ether oxygens (including phenoxy) is 1. The van der Waals surface area contributed by atoms with Crippen LogP contribution in [0.4, 0.5) is 0 Å². The van der Waals surface area contributed by atoms with Crippen LogP contribution >= 0.6 is 0 Å². The highest BCUT2D eigenvalue weighted by molar-refractivity contribution is 7.89. The Balaban J connectivity index is 3.19. The van der Waals surface area contributed by atoms with Crippen LogP contribution in [-0.4, -0.2) is 34.2 Å². The Morgan fingerprint density at radius 1 is 1.38 bits per heavy atom. The Kier molecular flexibility index (Phi) is 5.93. The molecule has 6 heteroatoms. The fraction of sp³-hybridized carbons (Fsp3) is 0.467. The smallest absolute Gasteiger partial charge is 0.241 e. The van der Waals surface area contributed by atoms with E-state index >= 15 is 0 Å². The molecule has 0 saturated carbocycles. The molecule has 0 aliphatic carbocycles. The second-order valence-electron chi connectivity index (χ2n) is 5.41. The minimum Gasteiger partial charge on any atom is -0.383 e. The Labute approximate surface area is 126 Å². The minimum absolute atomic E-state index is 0.218. The van der Waals surface area contributed by atoms with Crippen LogP contribution in [0.25, 0.3) is 0 Å². The second-order valence-corrected chi connectivity index (χ2v) is 7.06. The molecule has 0 aromatic heterocycles. The highest BCUT2D eigenvalue weighted by Crippen LogP contribution is 2.19. The highest BCUT2D eigenvalue weighted by atomic mass is 32.2. The highest BCUT2D eigenvalue weighted by Gasteiger charge is 2.27. The van der Waals surface area contributed by atoms with Crippen molar-refractivity contribution in [3.63, 3.8) is 0 Å². The van der Waals surface area contributed by atoms with E-state index in [-0.39, 0.29) is 18.0 Å². The van der Waals surface area contributed by atoms with Gasteiger partial charge in [0.25, 0.3) is 0 Å². The summed E-state index contributed by atoms with van der Waals surface area (Å²) in [6, 6.07) is 5.07. The standard InChI is InChI=1S/C15H22N2O3S/c1-12-7-8-13(6-5-9-16)10-14(12)21(18,19)17-15(2,3)11-20-4/h7-8,10,17H,9,11,16H2,1-4H3. The number of nitrogens with one attached hydrogen (secondary N) is 1. The molecule has 1 aromatic carbocycles. The zero-order valence-corrected chi connectivity index (χ0v) is 13.7. The number of sulfonamides is 1. The van der Waals surface area contributed by atoms with Gasteiger partial charge in [-0.2, -0.15) is 0 Å². The van der Waals surface area contributed by atoms with Gasteiger partial charge in [-0.25, -0.2) is 13.1 Å². The lowest BCUT2D eigenvalue weighted by Gasteiger charge is -2.25. The zero-order chi connectivity index (χ0) is 16.1. The third kappa shape index (κ3) is 5.14. The molecule has 116 valence electrons. The van der Waals surface area contributed by atoms with E-state index in [1.165, 1.54) is 7.11 Å². The number of rotatable bonds is 5. The largest absolute Gasteiger partial charge is 0.383 e. The number of aryl methyl sites for hydroxylation is 1. The van der Waals surface area contributed by atoms with Crippen LogP contribution in [0.15, 0.2) is 23.1 Å². The Morgan fingerprint density at radius 3 is 2.62 bits per heavy atom. The van der Waals surface area contributed by atoms with Crippen molar-refractivity contribution in [1.29, 1.82) is 0 Å². The van der Waals surface area contributed by atoms with Crippen molar-refractivity contribution in [2.45, 2.75) is 31.2 Å². The molecule has 5 nitrogen and oxygen atoms in total. The van der Waals surface area contributed by atoms with Gasteiger partial charge in [0.15, 0.2) is 0 Å². The van der Waals surface area contributed by atoms with Crippen molar-refractivity contribution in [3.8, 4) is 11.8 Å². The summed E-state index contributed by atoms with van der Waals surface area (Å²) in [5, 5.41) is 0. The van der Waals surface area contributed by atoms with Gasteiger partial charge < -0.3 is 10.5 Å². The van der Waals surface area contributed by atoms with E-state index < -0.39 is 15.6 Å². The molecule has 0 saturated heterocycles. The lowest BCUT2D eigenvalue weighted by Crippen LogP contribution is -2.46. The van der Waals surface area contributed by atoms with Gasteiger partial charge in [-0.1, -0.05) is 17.9 Å². The molecule has 1 aromatic rings. The molecule has 0 radical (unpaired) electrons. The van der Waals surface area contributed by atoms with E-state index in [2.05, 4.69) is 16.6 Å². The molecule has 0 atom stereocenters. The third-order valence-corrected chi connectivity index (χ3v) is 4.57. The van der Waals surface area contributed by atoms with Crippen molar-refractivity contribution in [2.24, 2.45) is 5.73 Å². The molecule has 0 amide bonds. The first kappa shape index (κ1) is 17.7. The van der Waals surface area contributed by atoms with Gasteiger partial charge in [-0.15, -0.1) is 0 Å². The van der Waals surface area contributed by atoms with Crippen LogP contribution in [-0.2, 0) is 14.8 Å². The number of nitrogens with two attached hydrogens (primary N) is 1. The maximum atomic E-state index is 12.5. The van der Waals surface area contributed by atoms with Crippen molar-refractivity contribution in [1.82, 2.24) is 4.72 Å². The number of hydrogen-bond donors (Lipinski definition) is 2. The zero-order valence-electron chi connectivity index (χ0n) is 12.9. The van der Waals surface area contributed by atoms with Crippen molar-refractivity contribution in [2.75, 3.05) is 20.3 Å². The molecule has 0 unspecified atom stereocenters. The predicted octanol–water partition coefficient (Wildman–Crippen LogP) is 1.01. The van der Waals surface area contributed by atoms with Gasteiger partial charge >= 0.3 is 0 Å². The molecule has 0 aliphatic rings. The van der Waals surface area contributed by atoms with Crippen LogP contribution in [0.3, 0.4) is 0 Å². The van der Waals surface area contributed by atoms with E-state index in [9.17, 15) is 8.42 Å². The summed E-state index contributed by atoms with van der Waals surface area (Å²) in [7, 11) is -2.12. The topological polar surface area (TPSA) is 81.4 Å². The fourth-order valence-corrected chi connectivity index (χ4v) is 3.60. The van der Waals surface area contributed by atoms with Crippen LogP contribution in [0.2, 0.25) is 0 Å². The van der Waals surface area contributed by atoms with E-state index in [4.69, 9.17) is 10.5 Å². The third-order valence-electron chi connectivity index (χ3n) is 2.73. The Hall–Kier alpha value is -1.39. The van der Waals surface area contributed by atoms with Crippen LogP contribution in [0.5, 0.6) is 0 Å². The van der Waals surface area contributed by atoms with Crippen molar-refractivity contribution >= 4 is 10.0 Å². The summed E-state index contributed by atoms with van der Waals surface area (Å²) in [5.41, 5.74) is 5.92. The molecule has 1 rings (SSSR count). The monoisotopic (exact) mass is 310 g/mol. The first-order valence-corrected chi connectivity index (χ1v) is 8.03. The van der Waals surface area contributed by atoms with Gasteiger partial charge in [-0.05, 0) is 38.5 Å². The average molecular weight is 310 g/mol. The maximum Gasteiger partial charge on any atom is 0.241 e. The summed E-state index contributed by atoms with van der Waals surface area (Å²) in [4.78, 5) is 0.218. The van der Waals surface area contributed by atoms with Crippen LogP contribution in [0, 0.1) is 18.8 Å². The Bertz CT molecular complexity index is 655. The summed E-state index contributed by atoms with van der Waals surface area (Å²) in [6.07, 6.45) is 0.